The van der Waals surface area contributed by atoms with Gasteiger partial charge in [0.2, 0.25) is 5.91 Å². The van der Waals surface area contributed by atoms with Crippen molar-refractivity contribution >= 4 is 29.5 Å². The fraction of sp³-hybridized carbons (Fsp3) is 0.385. The number of nitrogens with zero attached hydrogens (tertiary/aromatic N) is 1. The lowest BCUT2D eigenvalue weighted by Gasteiger charge is -2.30. The molecule has 0 aliphatic carbocycles. The van der Waals surface area contributed by atoms with E-state index in [0.717, 1.165) is 30.7 Å². The Balaban J connectivity index is 1.97. The van der Waals surface area contributed by atoms with Crippen molar-refractivity contribution in [3.8, 4) is 0 Å². The third-order valence-corrected chi connectivity index (χ3v) is 4.68. The Kier molecular flexibility index (Phi) is 3.20. The number of amides is 1. The first-order valence-corrected chi connectivity index (χ1v) is 7.05. The van der Waals surface area contributed by atoms with Gasteiger partial charge in [-0.15, -0.1) is 0 Å². The maximum absolute atomic E-state index is 12.2. The summed E-state index contributed by atoms with van der Waals surface area (Å²) in [6.07, 6.45) is 3.02. The van der Waals surface area contributed by atoms with E-state index in [4.69, 9.17) is 5.11 Å². The number of hydrogen-bond donors (Lipinski definition) is 2. The number of nitrogens with one attached hydrogen (secondary N) is 1. The Bertz CT molecular complexity index is 547. The molecule has 1 saturated heterocycles. The molecule has 2 N–H and O–H groups in total. The van der Waals surface area contributed by atoms with Crippen LogP contribution < -0.4 is 5.32 Å². The molecule has 5 nitrogen and oxygen atoms in total. The quantitative estimate of drug-likeness (QED) is 0.771. The summed E-state index contributed by atoms with van der Waals surface area (Å²) in [5, 5.41) is 11.9. The molecule has 1 aromatic rings. The predicted molar refractivity (Wildman–Crippen MR) is 72.2 cm³/mol. The first-order chi connectivity index (χ1) is 9.15. The van der Waals surface area contributed by atoms with Crippen molar-refractivity contribution in [2.75, 3.05) is 11.9 Å². The van der Waals surface area contributed by atoms with Crippen LogP contribution in [0.3, 0.4) is 0 Å². The number of fused-ring (bicyclic) bond motifs is 2. The van der Waals surface area contributed by atoms with Crippen molar-refractivity contribution in [2.45, 2.75) is 30.2 Å². The van der Waals surface area contributed by atoms with Gasteiger partial charge >= 0.3 is 5.97 Å². The third-order valence-electron chi connectivity index (χ3n) is 3.46. The van der Waals surface area contributed by atoms with Crippen LogP contribution in [-0.2, 0) is 4.79 Å². The molecule has 1 amide bonds. The van der Waals surface area contributed by atoms with E-state index in [2.05, 4.69) is 9.62 Å². The smallest absolute Gasteiger partial charge is 0.335 e. The molecule has 0 spiro atoms. The van der Waals surface area contributed by atoms with Crippen LogP contribution in [-0.4, -0.2) is 33.9 Å². The second kappa shape index (κ2) is 4.86. The molecule has 1 atom stereocenters. The second-order valence-corrected chi connectivity index (χ2v) is 5.84. The Labute approximate surface area is 115 Å². The zero-order valence-electron chi connectivity index (χ0n) is 10.3. The number of carbonyl (C=O) groups excluding carboxylic acids is 1. The molecular weight excluding hydrogens is 264 g/mol. The molecule has 19 heavy (non-hydrogen) atoms. The molecule has 2 aliphatic rings. The van der Waals surface area contributed by atoms with Crippen molar-refractivity contribution in [2.24, 2.45) is 0 Å². The summed E-state index contributed by atoms with van der Waals surface area (Å²) in [5.41, 5.74) is 0.795. The van der Waals surface area contributed by atoms with Crippen LogP contribution in [0.1, 0.15) is 29.6 Å². The van der Waals surface area contributed by atoms with Gasteiger partial charge < -0.3 is 10.4 Å². The lowest BCUT2D eigenvalue weighted by Crippen LogP contribution is -2.41. The van der Waals surface area contributed by atoms with Crippen LogP contribution >= 0.6 is 11.9 Å². The van der Waals surface area contributed by atoms with E-state index in [0.29, 0.717) is 5.69 Å². The van der Waals surface area contributed by atoms with E-state index in [-0.39, 0.29) is 17.5 Å². The van der Waals surface area contributed by atoms with Gasteiger partial charge in [-0.25, -0.2) is 9.10 Å². The summed E-state index contributed by atoms with van der Waals surface area (Å²) in [6, 6.07) is 4.76. The standard InChI is InChI=1S/C13H14N2O3S/c16-12-10-3-1-2-6-15(10)19-11-5-4-8(13(17)18)7-9(11)14-12/h4-5,7,10H,1-3,6H2,(H,14,16)(H,17,18). The van der Waals surface area contributed by atoms with Crippen molar-refractivity contribution in [1.29, 1.82) is 0 Å². The zero-order valence-corrected chi connectivity index (χ0v) is 11.1. The molecule has 0 radical (unpaired) electrons. The van der Waals surface area contributed by atoms with Crippen molar-refractivity contribution in [3.05, 3.63) is 23.8 Å². The van der Waals surface area contributed by atoms with Crippen molar-refractivity contribution in [1.82, 2.24) is 4.31 Å². The molecule has 1 fully saturated rings. The second-order valence-electron chi connectivity index (χ2n) is 4.75. The molecule has 0 aromatic heterocycles. The van der Waals surface area contributed by atoms with Crippen LogP contribution in [0, 0.1) is 0 Å². The lowest BCUT2D eigenvalue weighted by molar-refractivity contribution is -0.120. The van der Waals surface area contributed by atoms with Crippen molar-refractivity contribution in [3.63, 3.8) is 0 Å². The number of carboxylic acids is 1. The topological polar surface area (TPSA) is 69.6 Å². The highest BCUT2D eigenvalue weighted by Crippen LogP contribution is 2.38. The van der Waals surface area contributed by atoms with Crippen LogP contribution in [0.2, 0.25) is 0 Å². The number of anilines is 1. The van der Waals surface area contributed by atoms with E-state index in [1.807, 2.05) is 0 Å². The average molecular weight is 278 g/mol. The third kappa shape index (κ3) is 2.33. The number of hydrogen-bond acceptors (Lipinski definition) is 4. The Hall–Kier alpha value is -1.53. The van der Waals surface area contributed by atoms with E-state index in [1.54, 1.807) is 24.1 Å². The SMILES string of the molecule is O=C(O)c1ccc2c(c1)NC(=O)C1CCCCN1S2. The summed E-state index contributed by atoms with van der Waals surface area (Å²) >= 11 is 1.54. The van der Waals surface area contributed by atoms with Gasteiger partial charge in [-0.05, 0) is 43.0 Å². The highest BCUT2D eigenvalue weighted by Gasteiger charge is 2.33. The summed E-state index contributed by atoms with van der Waals surface area (Å²) in [6.45, 7) is 0.892. The van der Waals surface area contributed by atoms with Crippen LogP contribution in [0.5, 0.6) is 0 Å². The number of carboxylic acid groups (broad SMARTS) is 1. The maximum Gasteiger partial charge on any atom is 0.335 e. The van der Waals surface area contributed by atoms with E-state index < -0.39 is 5.97 Å². The summed E-state index contributed by atoms with van der Waals surface area (Å²) < 4.78 is 2.10. The zero-order chi connectivity index (χ0) is 13.4. The first-order valence-electron chi connectivity index (χ1n) is 6.28. The Morgan fingerprint density at radius 1 is 1.42 bits per heavy atom. The minimum Gasteiger partial charge on any atom is -0.478 e. The average Bonchev–Trinajstić information content (AvgIpc) is 2.54. The van der Waals surface area contributed by atoms with Gasteiger partial charge in [0.05, 0.1) is 17.3 Å². The van der Waals surface area contributed by atoms with Gasteiger partial charge in [-0.1, -0.05) is 6.42 Å². The highest BCUT2D eigenvalue weighted by atomic mass is 32.2. The van der Waals surface area contributed by atoms with Gasteiger partial charge in [0.25, 0.3) is 0 Å². The van der Waals surface area contributed by atoms with Gasteiger partial charge in [0.15, 0.2) is 0 Å². The predicted octanol–water partition coefficient (Wildman–Crippen LogP) is 2.20. The van der Waals surface area contributed by atoms with E-state index >= 15 is 0 Å². The van der Waals surface area contributed by atoms with Crippen LogP contribution in [0.15, 0.2) is 23.1 Å². The normalized spacial score (nSPS) is 22.9. The Morgan fingerprint density at radius 2 is 2.26 bits per heavy atom. The fourth-order valence-corrected chi connectivity index (χ4v) is 3.60. The van der Waals surface area contributed by atoms with E-state index in [9.17, 15) is 9.59 Å². The first kappa shape index (κ1) is 12.5. The van der Waals surface area contributed by atoms with Gasteiger partial charge in [0.1, 0.15) is 0 Å². The molecule has 3 rings (SSSR count). The number of carbonyl (C=O) groups is 2. The van der Waals surface area contributed by atoms with Crippen LogP contribution in [0.25, 0.3) is 0 Å². The van der Waals surface area contributed by atoms with E-state index in [1.165, 1.54) is 6.07 Å². The fourth-order valence-electron chi connectivity index (χ4n) is 2.46. The highest BCUT2D eigenvalue weighted by molar-refractivity contribution is 7.97. The largest absolute Gasteiger partial charge is 0.478 e. The number of piperidine rings is 1. The monoisotopic (exact) mass is 278 g/mol. The summed E-state index contributed by atoms with van der Waals surface area (Å²) in [5.74, 6) is -1.02. The molecular formula is C13H14N2O3S. The molecule has 6 heteroatoms. The molecule has 1 unspecified atom stereocenters. The number of benzene rings is 1. The summed E-state index contributed by atoms with van der Waals surface area (Å²) in [7, 11) is 0. The minimum atomic E-state index is -0.982. The Morgan fingerprint density at radius 3 is 3.05 bits per heavy atom. The molecule has 2 heterocycles. The molecule has 2 aliphatic heterocycles. The van der Waals surface area contributed by atoms with Crippen LogP contribution in [0.4, 0.5) is 5.69 Å². The number of aromatic carboxylic acids is 1. The molecule has 100 valence electrons. The van der Waals surface area contributed by atoms with Gasteiger partial charge in [-0.2, -0.15) is 0 Å². The molecule has 1 aromatic carbocycles. The number of rotatable bonds is 1. The lowest BCUT2D eigenvalue weighted by atomic mass is 10.0. The molecule has 0 bridgehead atoms. The van der Waals surface area contributed by atoms with Gasteiger partial charge in [-0.3, -0.25) is 4.79 Å². The van der Waals surface area contributed by atoms with Gasteiger partial charge in [0, 0.05) is 11.4 Å². The minimum absolute atomic E-state index is 0.0338. The molecule has 0 saturated carbocycles. The van der Waals surface area contributed by atoms with Crippen molar-refractivity contribution < 1.29 is 14.7 Å². The maximum atomic E-state index is 12.2. The summed E-state index contributed by atoms with van der Waals surface area (Å²) in [4.78, 5) is 24.1.